The van der Waals surface area contributed by atoms with Crippen molar-refractivity contribution in [3.05, 3.63) is 58.7 Å². The van der Waals surface area contributed by atoms with Crippen molar-refractivity contribution < 1.29 is 33.6 Å². The molecule has 2 aromatic rings. The second kappa shape index (κ2) is 15.4. The molecule has 0 saturated carbocycles. The van der Waals surface area contributed by atoms with E-state index in [-0.39, 0.29) is 11.3 Å². The van der Waals surface area contributed by atoms with Crippen molar-refractivity contribution in [3.63, 3.8) is 0 Å². The van der Waals surface area contributed by atoms with Crippen LogP contribution in [0.25, 0.3) is 5.76 Å². The number of aliphatic hydroxyl groups excluding tert-OH is 1. The highest BCUT2D eigenvalue weighted by molar-refractivity contribution is 6.46. The largest absolute Gasteiger partial charge is 0.507 e. The Morgan fingerprint density at radius 1 is 0.955 bits per heavy atom. The zero-order valence-electron chi connectivity index (χ0n) is 27.1. The van der Waals surface area contributed by atoms with E-state index in [1.54, 1.807) is 36.3 Å². The van der Waals surface area contributed by atoms with Crippen LogP contribution in [0.3, 0.4) is 0 Å². The number of carbonyl (C=O) groups excluding carboxylic acids is 2. The first-order chi connectivity index (χ1) is 21.1. The summed E-state index contributed by atoms with van der Waals surface area (Å²) in [6.45, 7) is 15.7. The highest BCUT2D eigenvalue weighted by atomic mass is 16.5. The Morgan fingerprint density at radius 2 is 1.68 bits per heavy atom. The molecule has 1 N–H and O–H groups in total. The van der Waals surface area contributed by atoms with Gasteiger partial charge in [-0.25, -0.2) is 0 Å². The molecular weight excluding hydrogens is 560 g/mol. The van der Waals surface area contributed by atoms with Crippen molar-refractivity contribution in [2.75, 3.05) is 59.7 Å². The lowest BCUT2D eigenvalue weighted by Crippen LogP contribution is -2.39. The number of benzene rings is 2. The van der Waals surface area contributed by atoms with Gasteiger partial charge in [-0.3, -0.25) is 14.5 Å². The highest BCUT2D eigenvalue weighted by Crippen LogP contribution is 2.42. The molecule has 2 saturated heterocycles. The molecule has 0 bridgehead atoms. The number of hydrogen-bond acceptors (Lipinski definition) is 8. The van der Waals surface area contributed by atoms with Crippen LogP contribution < -0.4 is 14.2 Å². The number of morpholine rings is 1. The smallest absolute Gasteiger partial charge is 0.295 e. The summed E-state index contributed by atoms with van der Waals surface area (Å²) in [4.78, 5) is 31.0. The maximum absolute atomic E-state index is 13.6. The Balaban J connectivity index is 1.69. The molecule has 0 aliphatic carbocycles. The molecule has 2 fully saturated rings. The molecule has 2 aromatic carbocycles. The number of carbonyl (C=O) groups is 2. The molecule has 0 aromatic heterocycles. The minimum Gasteiger partial charge on any atom is -0.507 e. The van der Waals surface area contributed by atoms with Gasteiger partial charge in [0.15, 0.2) is 11.5 Å². The van der Waals surface area contributed by atoms with Crippen LogP contribution in [0.1, 0.15) is 63.3 Å². The van der Waals surface area contributed by atoms with Crippen molar-refractivity contribution >= 4 is 17.4 Å². The standard InChI is InChI=1S/C35H48N2O7/c1-23(2)12-17-43-29-11-8-26(21-30(29)41-6)32-31(33(38)27-9-10-28(25(5)20-27)44-22-24(3)4)34(39)35(40)37(32)14-7-13-36-15-18-42-19-16-36/h8-11,20-21,23-24,32,38H,7,12-19,22H2,1-6H3/b33-31+. The summed E-state index contributed by atoms with van der Waals surface area (Å²) in [7, 11) is 1.57. The summed E-state index contributed by atoms with van der Waals surface area (Å²) in [5.41, 5.74) is 2.01. The molecule has 2 heterocycles. The molecule has 1 atom stereocenters. The third-order valence-electron chi connectivity index (χ3n) is 7.99. The highest BCUT2D eigenvalue weighted by Gasteiger charge is 2.46. The predicted octanol–water partition coefficient (Wildman–Crippen LogP) is 5.61. The average molecular weight is 609 g/mol. The van der Waals surface area contributed by atoms with Gasteiger partial charge in [-0.1, -0.05) is 33.8 Å². The molecule has 0 spiro atoms. The fourth-order valence-electron chi connectivity index (χ4n) is 5.50. The van der Waals surface area contributed by atoms with Crippen LogP contribution in [0.15, 0.2) is 42.0 Å². The second-order valence-electron chi connectivity index (χ2n) is 12.4. The zero-order valence-corrected chi connectivity index (χ0v) is 27.1. The topological polar surface area (TPSA) is 97.8 Å². The van der Waals surface area contributed by atoms with Crippen molar-refractivity contribution in [1.82, 2.24) is 9.80 Å². The van der Waals surface area contributed by atoms with Crippen LogP contribution in [-0.4, -0.2) is 86.3 Å². The van der Waals surface area contributed by atoms with Gasteiger partial charge in [0.05, 0.1) is 45.2 Å². The number of rotatable bonds is 14. The van der Waals surface area contributed by atoms with Crippen LogP contribution in [0, 0.1) is 18.8 Å². The third-order valence-corrected chi connectivity index (χ3v) is 7.99. The molecule has 9 heteroatoms. The van der Waals surface area contributed by atoms with E-state index < -0.39 is 17.7 Å². The van der Waals surface area contributed by atoms with Crippen LogP contribution in [-0.2, 0) is 14.3 Å². The van der Waals surface area contributed by atoms with Gasteiger partial charge >= 0.3 is 0 Å². The molecule has 1 amide bonds. The molecule has 0 radical (unpaired) electrons. The summed E-state index contributed by atoms with van der Waals surface area (Å²) >= 11 is 0. The van der Waals surface area contributed by atoms with Crippen molar-refractivity contribution in [2.45, 2.75) is 53.5 Å². The number of methoxy groups -OCH3 is 1. The lowest BCUT2D eigenvalue weighted by molar-refractivity contribution is -0.140. The van der Waals surface area contributed by atoms with Gasteiger partial charge in [-0.2, -0.15) is 0 Å². The molecule has 4 rings (SSSR count). The molecular formula is C35H48N2O7. The maximum Gasteiger partial charge on any atom is 0.295 e. The van der Waals surface area contributed by atoms with Crippen LogP contribution in [0.2, 0.25) is 0 Å². The summed E-state index contributed by atoms with van der Waals surface area (Å²) in [5, 5.41) is 11.6. The van der Waals surface area contributed by atoms with Gasteiger partial charge in [0.25, 0.3) is 11.7 Å². The molecule has 44 heavy (non-hydrogen) atoms. The van der Waals surface area contributed by atoms with Gasteiger partial charge in [-0.15, -0.1) is 0 Å². The molecule has 240 valence electrons. The van der Waals surface area contributed by atoms with Crippen LogP contribution in [0.5, 0.6) is 17.2 Å². The Hall–Kier alpha value is -3.56. The van der Waals surface area contributed by atoms with Gasteiger partial charge < -0.3 is 29.0 Å². The first-order valence-electron chi connectivity index (χ1n) is 15.7. The predicted molar refractivity (Wildman–Crippen MR) is 170 cm³/mol. The van der Waals surface area contributed by atoms with E-state index >= 15 is 0 Å². The van der Waals surface area contributed by atoms with Gasteiger partial charge in [0.1, 0.15) is 11.5 Å². The van der Waals surface area contributed by atoms with E-state index in [0.29, 0.717) is 79.6 Å². The Morgan fingerprint density at radius 3 is 2.34 bits per heavy atom. The normalized spacial score (nSPS) is 18.8. The summed E-state index contributed by atoms with van der Waals surface area (Å²) in [5.74, 6) is 1.15. The number of ether oxygens (including phenoxy) is 4. The number of aryl methyl sites for hydroxylation is 1. The van der Waals surface area contributed by atoms with Gasteiger partial charge in [0, 0.05) is 31.7 Å². The minimum atomic E-state index is -0.782. The Kier molecular flexibility index (Phi) is 11.7. The van der Waals surface area contributed by atoms with Gasteiger partial charge in [0.2, 0.25) is 0 Å². The number of amides is 1. The number of aliphatic hydroxyl groups is 1. The van der Waals surface area contributed by atoms with Crippen LogP contribution >= 0.6 is 0 Å². The molecule has 2 aliphatic rings. The van der Waals surface area contributed by atoms with E-state index in [1.807, 2.05) is 19.1 Å². The van der Waals surface area contributed by atoms with E-state index in [1.165, 1.54) is 0 Å². The zero-order chi connectivity index (χ0) is 31.8. The number of ketones is 1. The first kappa shape index (κ1) is 33.3. The summed E-state index contributed by atoms with van der Waals surface area (Å²) in [6.07, 6.45) is 1.58. The first-order valence-corrected chi connectivity index (χ1v) is 15.7. The number of hydrogen-bond donors (Lipinski definition) is 1. The quantitative estimate of drug-likeness (QED) is 0.168. The number of likely N-dealkylation sites (tertiary alicyclic amines) is 1. The monoisotopic (exact) mass is 608 g/mol. The SMILES string of the molecule is COc1cc(C2/C(=C(\O)c3ccc(OCC(C)C)c(C)c3)C(=O)C(=O)N2CCCN2CCOCC2)ccc1OCCC(C)C. The lowest BCUT2D eigenvalue weighted by Gasteiger charge is -2.29. The Labute approximate surface area is 261 Å². The van der Waals surface area contributed by atoms with Gasteiger partial charge in [-0.05, 0) is 73.1 Å². The molecule has 9 nitrogen and oxygen atoms in total. The van der Waals surface area contributed by atoms with E-state index in [9.17, 15) is 14.7 Å². The minimum absolute atomic E-state index is 0.0622. The fourth-order valence-corrected chi connectivity index (χ4v) is 5.50. The number of nitrogens with zero attached hydrogens (tertiary/aromatic N) is 2. The van der Waals surface area contributed by atoms with E-state index in [2.05, 4.69) is 32.6 Å². The number of Topliss-reactive ketones (excluding diaryl/α,β-unsaturated/α-hetero) is 1. The maximum atomic E-state index is 13.6. The van der Waals surface area contributed by atoms with Crippen LogP contribution in [0.4, 0.5) is 0 Å². The molecule has 2 aliphatic heterocycles. The third kappa shape index (κ3) is 8.12. The van der Waals surface area contributed by atoms with E-state index in [0.717, 1.165) is 31.6 Å². The summed E-state index contributed by atoms with van der Waals surface area (Å²) in [6, 6.07) is 10.0. The lowest BCUT2D eigenvalue weighted by atomic mass is 9.94. The Bertz CT molecular complexity index is 1330. The van der Waals surface area contributed by atoms with Crippen molar-refractivity contribution in [3.8, 4) is 17.2 Å². The second-order valence-corrected chi connectivity index (χ2v) is 12.4. The van der Waals surface area contributed by atoms with Crippen molar-refractivity contribution in [2.24, 2.45) is 11.8 Å². The van der Waals surface area contributed by atoms with Crippen molar-refractivity contribution in [1.29, 1.82) is 0 Å². The van der Waals surface area contributed by atoms with E-state index in [4.69, 9.17) is 18.9 Å². The summed E-state index contributed by atoms with van der Waals surface area (Å²) < 4.78 is 23.0. The fraction of sp³-hybridized carbons (Fsp3) is 0.543. The molecule has 1 unspecified atom stereocenters. The average Bonchev–Trinajstić information content (AvgIpc) is 3.25.